The highest BCUT2D eigenvalue weighted by molar-refractivity contribution is 9.10. The molecule has 3 rings (SSSR count). The fourth-order valence-electron chi connectivity index (χ4n) is 1.87. The van der Waals surface area contributed by atoms with E-state index in [1.54, 1.807) is 0 Å². The second-order valence-electron chi connectivity index (χ2n) is 4.39. The molecule has 1 N–H and O–H groups in total. The Morgan fingerprint density at radius 2 is 2.35 bits per heavy atom. The number of amides is 1. The van der Waals surface area contributed by atoms with Crippen molar-refractivity contribution in [2.45, 2.75) is 6.92 Å². The molecular weight excluding hydrogens is 340 g/mol. The summed E-state index contributed by atoms with van der Waals surface area (Å²) in [6.07, 6.45) is 1.85. The van der Waals surface area contributed by atoms with Crippen LogP contribution in [0.25, 0.3) is 6.08 Å². The Balaban J connectivity index is 1.82. The van der Waals surface area contributed by atoms with Crippen LogP contribution in [0, 0.1) is 6.92 Å². The van der Waals surface area contributed by atoms with Gasteiger partial charge in [0.1, 0.15) is 12.4 Å². The van der Waals surface area contributed by atoms with Crippen molar-refractivity contribution in [1.82, 2.24) is 4.98 Å². The van der Waals surface area contributed by atoms with Gasteiger partial charge in [-0.15, -0.1) is 11.3 Å². The summed E-state index contributed by atoms with van der Waals surface area (Å²) in [5.74, 6) is 0.611. The van der Waals surface area contributed by atoms with E-state index in [0.29, 0.717) is 10.7 Å². The Hall–Kier alpha value is -1.66. The first-order chi connectivity index (χ1) is 9.61. The highest BCUT2D eigenvalue weighted by atomic mass is 79.9. The molecule has 0 radical (unpaired) electrons. The number of thiazole rings is 1. The zero-order chi connectivity index (χ0) is 14.1. The number of anilines is 1. The molecule has 1 amide bonds. The third kappa shape index (κ3) is 2.76. The van der Waals surface area contributed by atoms with Gasteiger partial charge < -0.3 is 4.74 Å². The smallest absolute Gasteiger partial charge is 0.256 e. The van der Waals surface area contributed by atoms with E-state index >= 15 is 0 Å². The van der Waals surface area contributed by atoms with E-state index in [4.69, 9.17) is 4.74 Å². The van der Waals surface area contributed by atoms with Crippen LogP contribution in [-0.4, -0.2) is 17.5 Å². The zero-order valence-electron chi connectivity index (χ0n) is 10.6. The van der Waals surface area contributed by atoms with Crippen molar-refractivity contribution >= 4 is 44.4 Å². The van der Waals surface area contributed by atoms with Crippen LogP contribution in [-0.2, 0) is 4.79 Å². The topological polar surface area (TPSA) is 51.2 Å². The highest BCUT2D eigenvalue weighted by Crippen LogP contribution is 2.29. The lowest BCUT2D eigenvalue weighted by molar-refractivity contribution is -0.113. The van der Waals surface area contributed by atoms with E-state index < -0.39 is 0 Å². The lowest BCUT2D eigenvalue weighted by atomic mass is 10.1. The van der Waals surface area contributed by atoms with Gasteiger partial charge in [-0.25, -0.2) is 4.98 Å². The van der Waals surface area contributed by atoms with Gasteiger partial charge >= 0.3 is 0 Å². The highest BCUT2D eigenvalue weighted by Gasteiger charge is 2.18. The molecule has 0 atom stereocenters. The van der Waals surface area contributed by atoms with Gasteiger partial charge in [-0.1, -0.05) is 15.9 Å². The van der Waals surface area contributed by atoms with E-state index in [1.165, 1.54) is 11.3 Å². The summed E-state index contributed by atoms with van der Waals surface area (Å²) >= 11 is 4.82. The van der Waals surface area contributed by atoms with Crippen LogP contribution in [0.3, 0.4) is 0 Å². The molecule has 0 spiro atoms. The minimum Gasteiger partial charge on any atom is -0.488 e. The molecule has 0 saturated heterocycles. The molecule has 0 saturated carbocycles. The Kier molecular flexibility index (Phi) is 3.58. The minimum absolute atomic E-state index is 0.176. The second kappa shape index (κ2) is 5.38. The van der Waals surface area contributed by atoms with Gasteiger partial charge in [0.15, 0.2) is 5.13 Å². The van der Waals surface area contributed by atoms with Gasteiger partial charge in [0.2, 0.25) is 0 Å². The molecule has 1 aromatic carbocycles. The summed E-state index contributed by atoms with van der Waals surface area (Å²) in [5.41, 5.74) is 2.38. The van der Waals surface area contributed by atoms with E-state index in [1.807, 2.05) is 36.6 Å². The number of aryl methyl sites for hydroxylation is 1. The SMILES string of the molecule is Cc1csc(NC(=O)C2=Cc3cc(Br)ccc3OC2)n1. The van der Waals surface area contributed by atoms with Gasteiger partial charge in [-0.3, -0.25) is 10.1 Å². The maximum atomic E-state index is 12.2. The predicted octanol–water partition coefficient (Wildman–Crippen LogP) is 3.63. The fraction of sp³-hybridized carbons (Fsp3) is 0.143. The Morgan fingerprint density at radius 3 is 3.10 bits per heavy atom. The minimum atomic E-state index is -0.176. The van der Waals surface area contributed by atoms with E-state index in [-0.39, 0.29) is 12.5 Å². The fourth-order valence-corrected chi connectivity index (χ4v) is 2.93. The lowest BCUT2D eigenvalue weighted by Gasteiger charge is -2.17. The van der Waals surface area contributed by atoms with Crippen LogP contribution in [0.1, 0.15) is 11.3 Å². The number of aromatic nitrogens is 1. The predicted molar refractivity (Wildman–Crippen MR) is 83.1 cm³/mol. The van der Waals surface area contributed by atoms with Gasteiger partial charge in [0.25, 0.3) is 5.91 Å². The number of benzene rings is 1. The third-order valence-corrected chi connectivity index (χ3v) is 4.18. The number of hydrogen-bond donors (Lipinski definition) is 1. The van der Waals surface area contributed by atoms with Crippen LogP contribution in [0.4, 0.5) is 5.13 Å². The van der Waals surface area contributed by atoms with Crippen molar-refractivity contribution in [1.29, 1.82) is 0 Å². The largest absolute Gasteiger partial charge is 0.488 e. The van der Waals surface area contributed by atoms with Gasteiger partial charge in [-0.2, -0.15) is 0 Å². The number of nitrogens with zero attached hydrogens (tertiary/aromatic N) is 1. The standard InChI is InChI=1S/C14H11BrN2O2S/c1-8-7-20-14(16-8)17-13(18)10-4-9-5-11(15)2-3-12(9)19-6-10/h2-5,7H,6H2,1H3,(H,16,17,18). The summed E-state index contributed by atoms with van der Waals surface area (Å²) in [4.78, 5) is 16.4. The molecule has 0 unspecified atom stereocenters. The maximum absolute atomic E-state index is 12.2. The summed E-state index contributed by atoms with van der Waals surface area (Å²) in [5, 5.41) is 5.29. The maximum Gasteiger partial charge on any atom is 0.256 e. The number of carbonyl (C=O) groups is 1. The monoisotopic (exact) mass is 350 g/mol. The van der Waals surface area contributed by atoms with E-state index in [0.717, 1.165) is 21.5 Å². The first-order valence-electron chi connectivity index (χ1n) is 5.98. The third-order valence-electron chi connectivity index (χ3n) is 2.82. The number of halogens is 1. The van der Waals surface area contributed by atoms with Crippen molar-refractivity contribution in [3.63, 3.8) is 0 Å². The van der Waals surface area contributed by atoms with Crippen LogP contribution >= 0.6 is 27.3 Å². The van der Waals surface area contributed by atoms with Crippen molar-refractivity contribution in [2.75, 3.05) is 11.9 Å². The molecule has 20 heavy (non-hydrogen) atoms. The Labute approximate surface area is 128 Å². The Morgan fingerprint density at radius 1 is 1.50 bits per heavy atom. The summed E-state index contributed by atoms with van der Waals surface area (Å²) in [7, 11) is 0. The van der Waals surface area contributed by atoms with E-state index in [2.05, 4.69) is 26.2 Å². The lowest BCUT2D eigenvalue weighted by Crippen LogP contribution is -2.21. The normalized spacial score (nSPS) is 13.2. The summed E-state index contributed by atoms with van der Waals surface area (Å²) < 4.78 is 6.54. The second-order valence-corrected chi connectivity index (χ2v) is 6.16. The molecular formula is C14H11BrN2O2S. The first-order valence-corrected chi connectivity index (χ1v) is 7.65. The van der Waals surface area contributed by atoms with Crippen molar-refractivity contribution in [3.05, 3.63) is 44.9 Å². The van der Waals surface area contributed by atoms with Crippen LogP contribution in [0.5, 0.6) is 5.75 Å². The summed E-state index contributed by atoms with van der Waals surface area (Å²) in [6.45, 7) is 2.16. The number of ether oxygens (including phenoxy) is 1. The Bertz CT molecular complexity index is 709. The zero-order valence-corrected chi connectivity index (χ0v) is 13.0. The summed E-state index contributed by atoms with van der Waals surface area (Å²) in [6, 6.07) is 5.72. The average molecular weight is 351 g/mol. The molecule has 2 heterocycles. The average Bonchev–Trinajstić information content (AvgIpc) is 2.83. The molecule has 1 aliphatic rings. The molecule has 1 aliphatic heterocycles. The van der Waals surface area contributed by atoms with Crippen molar-refractivity contribution in [2.24, 2.45) is 0 Å². The molecule has 0 bridgehead atoms. The van der Waals surface area contributed by atoms with Gasteiger partial charge in [-0.05, 0) is 31.2 Å². The number of rotatable bonds is 2. The number of nitrogens with one attached hydrogen (secondary N) is 1. The van der Waals surface area contributed by atoms with Crippen LogP contribution < -0.4 is 10.1 Å². The van der Waals surface area contributed by atoms with Gasteiger partial charge in [0.05, 0.1) is 11.3 Å². The molecule has 0 aliphatic carbocycles. The number of fused-ring (bicyclic) bond motifs is 1. The first kappa shape index (κ1) is 13.3. The van der Waals surface area contributed by atoms with E-state index in [9.17, 15) is 4.79 Å². The molecule has 2 aromatic rings. The molecule has 6 heteroatoms. The van der Waals surface area contributed by atoms with Crippen LogP contribution in [0.15, 0.2) is 33.6 Å². The molecule has 102 valence electrons. The van der Waals surface area contributed by atoms with Crippen molar-refractivity contribution < 1.29 is 9.53 Å². The molecule has 1 aromatic heterocycles. The quantitative estimate of drug-likeness (QED) is 0.899. The van der Waals surface area contributed by atoms with Crippen molar-refractivity contribution in [3.8, 4) is 5.75 Å². The number of carbonyl (C=O) groups excluding carboxylic acids is 1. The van der Waals surface area contributed by atoms with Gasteiger partial charge in [0, 0.05) is 15.4 Å². The van der Waals surface area contributed by atoms with Crippen LogP contribution in [0.2, 0.25) is 0 Å². The number of hydrogen-bond acceptors (Lipinski definition) is 4. The molecule has 4 nitrogen and oxygen atoms in total. The molecule has 0 fully saturated rings.